The summed E-state index contributed by atoms with van der Waals surface area (Å²) in [5.74, 6) is 0.156. The van der Waals surface area contributed by atoms with E-state index in [9.17, 15) is 46.0 Å². The predicted octanol–water partition coefficient (Wildman–Crippen LogP) is 0.970. The molecule has 21 atom stereocenters. The number of aliphatic hydroxyl groups is 9. The van der Waals surface area contributed by atoms with Gasteiger partial charge in [-0.05, 0) is 112 Å². The molecule has 0 bridgehead atoms. The Morgan fingerprint density at radius 2 is 1.35 bits per heavy atom. The molecule has 4 aliphatic carbocycles. The lowest BCUT2D eigenvalue weighted by atomic mass is 9.37. The van der Waals surface area contributed by atoms with Crippen molar-refractivity contribution in [3.05, 3.63) is 0 Å². The number of fused-ring (bicyclic) bond motifs is 5. The van der Waals surface area contributed by atoms with Gasteiger partial charge < -0.3 is 69.6 Å². The molecule has 3 saturated heterocycles. The van der Waals surface area contributed by atoms with Gasteiger partial charge in [-0.15, -0.1) is 0 Å². The molecule has 55 heavy (non-hydrogen) atoms. The number of rotatable bonds is 7. The smallest absolute Gasteiger partial charge is 0.187 e. The van der Waals surface area contributed by atoms with Crippen molar-refractivity contribution in [1.29, 1.82) is 0 Å². The lowest BCUT2D eigenvalue weighted by molar-refractivity contribution is -0.334. The predicted molar refractivity (Wildman–Crippen MR) is 196 cm³/mol. The maximum Gasteiger partial charge on any atom is 0.187 e. The molecule has 7 fully saturated rings. The van der Waals surface area contributed by atoms with Crippen molar-refractivity contribution in [2.75, 3.05) is 13.2 Å². The molecule has 318 valence electrons. The van der Waals surface area contributed by atoms with Gasteiger partial charge in [-0.25, -0.2) is 0 Å². The van der Waals surface area contributed by atoms with E-state index in [0.717, 1.165) is 19.3 Å². The second-order valence-corrected chi connectivity index (χ2v) is 20.7. The Morgan fingerprint density at radius 3 is 2.02 bits per heavy atom. The van der Waals surface area contributed by atoms with Crippen LogP contribution >= 0.6 is 0 Å². The van der Waals surface area contributed by atoms with Crippen LogP contribution in [0.15, 0.2) is 0 Å². The average molecular weight is 787 g/mol. The zero-order valence-corrected chi connectivity index (χ0v) is 34.0. The van der Waals surface area contributed by atoms with Crippen molar-refractivity contribution in [1.82, 2.24) is 0 Å². The van der Waals surface area contributed by atoms with Crippen LogP contribution in [0.4, 0.5) is 0 Å². The molecule has 0 aromatic carbocycles. The Labute approximate surface area is 325 Å². The van der Waals surface area contributed by atoms with E-state index in [-0.39, 0.29) is 46.7 Å². The van der Waals surface area contributed by atoms with Gasteiger partial charge in [0.1, 0.15) is 42.7 Å². The molecule has 14 heteroatoms. The maximum absolute atomic E-state index is 12.3. The molecule has 4 saturated carbocycles. The van der Waals surface area contributed by atoms with Crippen molar-refractivity contribution in [3.63, 3.8) is 0 Å². The molecule has 14 nitrogen and oxygen atoms in total. The Hall–Kier alpha value is -0.560. The molecule has 0 amide bonds. The van der Waals surface area contributed by atoms with E-state index < -0.39 is 96.8 Å². The van der Waals surface area contributed by atoms with Crippen LogP contribution in [-0.4, -0.2) is 150 Å². The minimum atomic E-state index is -1.55. The third-order valence-electron chi connectivity index (χ3n) is 17.1. The Balaban J connectivity index is 1.08. The van der Waals surface area contributed by atoms with Crippen LogP contribution in [0, 0.1) is 45.3 Å². The third kappa shape index (κ3) is 6.42. The summed E-state index contributed by atoms with van der Waals surface area (Å²) < 4.78 is 31.0. The standard InChI is InChI=1S/C41H70O14/c1-36(2)25(53-34-30(49)27(46)23(45)18-51-34)10-12-38(5)19-9-13-39(6)33(22(44)16-40(39,7)20(19)15-21(43)32(36)38)41(8)14-11-26(54-41)37(3,4)55-35-31(50)29(48)28(47)24(17-42)52-35/h19-35,42-50H,9-18H2,1-8H3. The fraction of sp³-hybridized carbons (Fsp3) is 1.00. The van der Waals surface area contributed by atoms with Crippen LogP contribution in [0.25, 0.3) is 0 Å². The molecule has 0 radical (unpaired) electrons. The highest BCUT2D eigenvalue weighted by Crippen LogP contribution is 2.75. The number of hydrogen-bond acceptors (Lipinski definition) is 14. The van der Waals surface area contributed by atoms with Crippen LogP contribution in [0.5, 0.6) is 0 Å². The maximum atomic E-state index is 12.3. The first-order chi connectivity index (χ1) is 25.5. The fourth-order valence-electron chi connectivity index (χ4n) is 14.2. The van der Waals surface area contributed by atoms with E-state index >= 15 is 0 Å². The van der Waals surface area contributed by atoms with Gasteiger partial charge in [0.25, 0.3) is 0 Å². The second kappa shape index (κ2) is 14.3. The summed E-state index contributed by atoms with van der Waals surface area (Å²) in [5, 5.41) is 96.4. The highest BCUT2D eigenvalue weighted by atomic mass is 16.7. The highest BCUT2D eigenvalue weighted by Gasteiger charge is 2.73. The van der Waals surface area contributed by atoms with E-state index in [2.05, 4.69) is 41.5 Å². The van der Waals surface area contributed by atoms with Gasteiger partial charge in [0.15, 0.2) is 12.6 Å². The largest absolute Gasteiger partial charge is 0.394 e. The number of hydrogen-bond donors (Lipinski definition) is 9. The first-order valence-electron chi connectivity index (χ1n) is 20.8. The van der Waals surface area contributed by atoms with Gasteiger partial charge in [-0.2, -0.15) is 0 Å². The van der Waals surface area contributed by atoms with Gasteiger partial charge in [-0.3, -0.25) is 0 Å². The van der Waals surface area contributed by atoms with Crippen LogP contribution in [0.3, 0.4) is 0 Å². The quantitative estimate of drug-likeness (QED) is 0.164. The summed E-state index contributed by atoms with van der Waals surface area (Å²) >= 11 is 0. The van der Waals surface area contributed by atoms with Gasteiger partial charge in [-0.1, -0.05) is 34.6 Å². The molecule has 21 unspecified atom stereocenters. The average Bonchev–Trinajstić information content (AvgIpc) is 3.60. The minimum Gasteiger partial charge on any atom is -0.394 e. The summed E-state index contributed by atoms with van der Waals surface area (Å²) in [6, 6.07) is 0. The third-order valence-corrected chi connectivity index (χ3v) is 17.1. The normalized spacial score (nSPS) is 56.8. The SMILES string of the molecule is CC(C)(OC1OC(CO)C(O)C(O)C1O)C1CCC(C)(C2C(O)CC3(C)C4CC(O)C5C(C)(C)C(OC6OCC(O)C(O)C6O)CCC5(C)C4CCC23C)O1. The molecular formula is C41H70O14. The molecule has 0 spiro atoms. The van der Waals surface area contributed by atoms with Crippen LogP contribution < -0.4 is 0 Å². The second-order valence-electron chi connectivity index (χ2n) is 20.7. The molecule has 9 N–H and O–H groups in total. The molecule has 3 heterocycles. The summed E-state index contributed by atoms with van der Waals surface area (Å²) in [4.78, 5) is 0. The monoisotopic (exact) mass is 786 g/mol. The Morgan fingerprint density at radius 1 is 0.673 bits per heavy atom. The van der Waals surface area contributed by atoms with Gasteiger partial charge >= 0.3 is 0 Å². The summed E-state index contributed by atoms with van der Waals surface area (Å²) in [7, 11) is 0. The van der Waals surface area contributed by atoms with E-state index in [1.54, 1.807) is 0 Å². The minimum absolute atomic E-state index is 0.103. The zero-order valence-electron chi connectivity index (χ0n) is 34.0. The first kappa shape index (κ1) is 42.6. The lowest BCUT2D eigenvalue weighted by Gasteiger charge is -2.69. The van der Waals surface area contributed by atoms with Crippen LogP contribution in [-0.2, 0) is 23.7 Å². The molecular weight excluding hydrogens is 716 g/mol. The van der Waals surface area contributed by atoms with Crippen molar-refractivity contribution in [2.45, 2.75) is 198 Å². The van der Waals surface area contributed by atoms with Gasteiger partial charge in [0, 0.05) is 5.92 Å². The summed E-state index contributed by atoms with van der Waals surface area (Å²) in [5.41, 5.74) is -3.01. The fourth-order valence-corrected chi connectivity index (χ4v) is 14.2. The van der Waals surface area contributed by atoms with Gasteiger partial charge in [0.05, 0.1) is 48.8 Å². The van der Waals surface area contributed by atoms with Crippen LogP contribution in [0.2, 0.25) is 0 Å². The van der Waals surface area contributed by atoms with Crippen LogP contribution in [0.1, 0.15) is 107 Å². The summed E-state index contributed by atoms with van der Waals surface area (Å²) in [6.07, 6.45) is -8.16. The Kier molecular flexibility index (Phi) is 11.1. The van der Waals surface area contributed by atoms with Gasteiger partial charge in [0.2, 0.25) is 0 Å². The van der Waals surface area contributed by atoms with E-state index in [4.69, 9.17) is 23.7 Å². The van der Waals surface area contributed by atoms with E-state index in [1.165, 1.54) is 0 Å². The Bertz CT molecular complexity index is 1400. The molecule has 0 aromatic rings. The highest BCUT2D eigenvalue weighted by molar-refractivity contribution is 5.22. The molecule has 7 aliphatic rings. The molecule has 0 aromatic heterocycles. The number of ether oxygens (including phenoxy) is 5. The number of aliphatic hydroxyl groups excluding tert-OH is 9. The van der Waals surface area contributed by atoms with Crippen molar-refractivity contribution < 1.29 is 69.6 Å². The first-order valence-corrected chi connectivity index (χ1v) is 20.8. The topological polar surface area (TPSA) is 228 Å². The van der Waals surface area contributed by atoms with Crippen molar-refractivity contribution in [3.8, 4) is 0 Å². The lowest BCUT2D eigenvalue weighted by Crippen LogP contribution is -2.66. The van der Waals surface area contributed by atoms with Crippen molar-refractivity contribution in [2.24, 2.45) is 45.3 Å². The van der Waals surface area contributed by atoms with Crippen molar-refractivity contribution >= 4 is 0 Å². The molecule has 3 aliphatic heterocycles. The van der Waals surface area contributed by atoms with E-state index in [1.807, 2.05) is 13.8 Å². The zero-order chi connectivity index (χ0) is 40.4. The molecule has 7 rings (SSSR count). The summed E-state index contributed by atoms with van der Waals surface area (Å²) in [6.45, 7) is 16.3. The van der Waals surface area contributed by atoms with E-state index in [0.29, 0.717) is 38.0 Å².